The topological polar surface area (TPSA) is 54.0 Å². The molecule has 0 bridgehead atoms. The third-order valence-corrected chi connectivity index (χ3v) is 3.29. The van der Waals surface area contributed by atoms with Gasteiger partial charge in [-0.2, -0.15) is 0 Å². The average molecular weight is 283 g/mol. The van der Waals surface area contributed by atoms with Crippen LogP contribution in [0.15, 0.2) is 42.6 Å². The van der Waals surface area contributed by atoms with Crippen LogP contribution in [0.5, 0.6) is 0 Å². The fourth-order valence-electron chi connectivity index (χ4n) is 1.92. The number of aryl methyl sites for hydroxylation is 1. The molecule has 2 aromatic rings. The predicted molar refractivity (Wildman–Crippen MR) is 85.9 cm³/mol. The number of carbonyl (C=O) groups excluding carboxylic acids is 1. The third-order valence-electron chi connectivity index (χ3n) is 3.29. The van der Waals surface area contributed by atoms with Gasteiger partial charge in [0.15, 0.2) is 0 Å². The Morgan fingerprint density at radius 3 is 2.71 bits per heavy atom. The second-order valence-corrected chi connectivity index (χ2v) is 5.21. The Hall–Kier alpha value is -2.36. The standard InChI is InChI=1S/C17H21N3O/c1-4-13(3)19-17(21)16-11-15(8-9-18-16)20-14-7-5-6-12(2)10-14/h5-11,13H,4H2,1-3H3,(H,18,20)(H,19,21). The van der Waals surface area contributed by atoms with Crippen molar-refractivity contribution in [3.63, 3.8) is 0 Å². The Morgan fingerprint density at radius 1 is 1.24 bits per heavy atom. The lowest BCUT2D eigenvalue weighted by Crippen LogP contribution is -2.32. The summed E-state index contributed by atoms with van der Waals surface area (Å²) in [5, 5.41) is 6.20. The van der Waals surface area contributed by atoms with Crippen molar-refractivity contribution in [2.24, 2.45) is 0 Å². The molecular weight excluding hydrogens is 262 g/mol. The molecule has 0 saturated carbocycles. The second-order valence-electron chi connectivity index (χ2n) is 5.21. The molecule has 0 fully saturated rings. The molecule has 4 nitrogen and oxygen atoms in total. The molecule has 1 amide bonds. The molecule has 1 aromatic heterocycles. The van der Waals surface area contributed by atoms with Gasteiger partial charge >= 0.3 is 0 Å². The van der Waals surface area contributed by atoms with E-state index in [1.165, 1.54) is 5.56 Å². The van der Waals surface area contributed by atoms with Crippen LogP contribution in [0.3, 0.4) is 0 Å². The van der Waals surface area contributed by atoms with Gasteiger partial charge in [0.2, 0.25) is 0 Å². The van der Waals surface area contributed by atoms with E-state index in [1.807, 2.05) is 45.0 Å². The summed E-state index contributed by atoms with van der Waals surface area (Å²) >= 11 is 0. The highest BCUT2D eigenvalue weighted by molar-refractivity contribution is 5.93. The molecule has 0 saturated heterocycles. The van der Waals surface area contributed by atoms with Crippen LogP contribution in [-0.4, -0.2) is 16.9 Å². The van der Waals surface area contributed by atoms with Gasteiger partial charge in [0.05, 0.1) is 0 Å². The molecule has 1 aromatic carbocycles. The number of nitrogens with one attached hydrogen (secondary N) is 2. The minimum atomic E-state index is -0.141. The first-order chi connectivity index (χ1) is 10.1. The smallest absolute Gasteiger partial charge is 0.270 e. The van der Waals surface area contributed by atoms with Gasteiger partial charge in [0.25, 0.3) is 5.91 Å². The quantitative estimate of drug-likeness (QED) is 0.880. The first-order valence-electron chi connectivity index (χ1n) is 7.19. The fraction of sp³-hybridized carbons (Fsp3) is 0.294. The van der Waals surface area contributed by atoms with E-state index in [0.29, 0.717) is 5.69 Å². The summed E-state index contributed by atoms with van der Waals surface area (Å²) in [6.07, 6.45) is 2.54. The lowest BCUT2D eigenvalue weighted by atomic mass is 10.2. The van der Waals surface area contributed by atoms with Gasteiger partial charge in [-0.25, -0.2) is 0 Å². The van der Waals surface area contributed by atoms with Crippen LogP contribution in [0, 0.1) is 6.92 Å². The zero-order valence-corrected chi connectivity index (χ0v) is 12.7. The van der Waals surface area contributed by atoms with Gasteiger partial charge < -0.3 is 10.6 Å². The molecule has 4 heteroatoms. The number of hydrogen-bond acceptors (Lipinski definition) is 3. The van der Waals surface area contributed by atoms with Gasteiger partial charge in [-0.1, -0.05) is 19.1 Å². The van der Waals surface area contributed by atoms with E-state index in [0.717, 1.165) is 17.8 Å². The number of carbonyl (C=O) groups is 1. The van der Waals surface area contributed by atoms with Gasteiger partial charge in [-0.05, 0) is 50.1 Å². The SMILES string of the molecule is CCC(C)NC(=O)c1cc(Nc2cccc(C)c2)ccn1. The number of rotatable bonds is 5. The molecule has 0 aliphatic carbocycles. The number of benzene rings is 1. The number of hydrogen-bond donors (Lipinski definition) is 2. The maximum Gasteiger partial charge on any atom is 0.270 e. The Labute approximate surface area is 125 Å². The molecule has 110 valence electrons. The fourth-order valence-corrected chi connectivity index (χ4v) is 1.92. The lowest BCUT2D eigenvalue weighted by molar-refractivity contribution is 0.0934. The van der Waals surface area contributed by atoms with E-state index < -0.39 is 0 Å². The predicted octanol–water partition coefficient (Wildman–Crippen LogP) is 3.66. The minimum absolute atomic E-state index is 0.141. The normalized spacial score (nSPS) is 11.8. The van der Waals surface area contributed by atoms with Gasteiger partial charge in [-0.3, -0.25) is 9.78 Å². The van der Waals surface area contributed by atoms with E-state index in [2.05, 4.69) is 21.7 Å². The van der Waals surface area contributed by atoms with Crippen molar-refractivity contribution in [2.45, 2.75) is 33.2 Å². The highest BCUT2D eigenvalue weighted by atomic mass is 16.1. The number of pyridine rings is 1. The van der Waals surface area contributed by atoms with Crippen LogP contribution in [0.1, 0.15) is 36.3 Å². The van der Waals surface area contributed by atoms with Crippen molar-refractivity contribution < 1.29 is 4.79 Å². The van der Waals surface area contributed by atoms with Crippen LogP contribution in [0.25, 0.3) is 0 Å². The summed E-state index contributed by atoms with van der Waals surface area (Å²) in [6, 6.07) is 11.8. The van der Waals surface area contributed by atoms with Gasteiger partial charge in [0, 0.05) is 23.6 Å². The van der Waals surface area contributed by atoms with E-state index in [9.17, 15) is 4.79 Å². The summed E-state index contributed by atoms with van der Waals surface area (Å²) in [4.78, 5) is 16.2. The first-order valence-corrected chi connectivity index (χ1v) is 7.19. The lowest BCUT2D eigenvalue weighted by Gasteiger charge is -2.12. The monoisotopic (exact) mass is 283 g/mol. The van der Waals surface area contributed by atoms with Crippen molar-refractivity contribution in [1.29, 1.82) is 0 Å². The molecule has 2 N–H and O–H groups in total. The van der Waals surface area contributed by atoms with Crippen LogP contribution < -0.4 is 10.6 Å². The molecule has 0 radical (unpaired) electrons. The average Bonchev–Trinajstić information content (AvgIpc) is 2.47. The maximum absolute atomic E-state index is 12.1. The zero-order valence-electron chi connectivity index (χ0n) is 12.7. The van der Waals surface area contributed by atoms with Crippen molar-refractivity contribution in [3.05, 3.63) is 53.9 Å². The molecule has 1 atom stereocenters. The Morgan fingerprint density at radius 2 is 2.00 bits per heavy atom. The van der Waals surface area contributed by atoms with Crippen molar-refractivity contribution in [2.75, 3.05) is 5.32 Å². The summed E-state index contributed by atoms with van der Waals surface area (Å²) in [6.45, 7) is 6.06. The van der Waals surface area contributed by atoms with Crippen LogP contribution in [0.4, 0.5) is 11.4 Å². The van der Waals surface area contributed by atoms with E-state index in [-0.39, 0.29) is 11.9 Å². The van der Waals surface area contributed by atoms with Crippen LogP contribution in [0.2, 0.25) is 0 Å². The Kier molecular flexibility index (Phi) is 4.93. The van der Waals surface area contributed by atoms with Crippen molar-refractivity contribution in [3.8, 4) is 0 Å². The summed E-state index contributed by atoms with van der Waals surface area (Å²) in [5.41, 5.74) is 3.45. The number of amides is 1. The molecular formula is C17H21N3O. The number of anilines is 2. The molecule has 21 heavy (non-hydrogen) atoms. The van der Waals surface area contributed by atoms with Crippen molar-refractivity contribution in [1.82, 2.24) is 10.3 Å². The Balaban J connectivity index is 2.12. The summed E-state index contributed by atoms with van der Waals surface area (Å²) in [7, 11) is 0. The van der Waals surface area contributed by atoms with E-state index in [1.54, 1.807) is 12.3 Å². The third kappa shape index (κ3) is 4.31. The van der Waals surface area contributed by atoms with Gasteiger partial charge in [-0.15, -0.1) is 0 Å². The summed E-state index contributed by atoms with van der Waals surface area (Å²) < 4.78 is 0. The highest BCUT2D eigenvalue weighted by Crippen LogP contribution is 2.17. The minimum Gasteiger partial charge on any atom is -0.355 e. The zero-order chi connectivity index (χ0) is 15.2. The summed E-state index contributed by atoms with van der Waals surface area (Å²) in [5.74, 6) is -0.141. The van der Waals surface area contributed by atoms with E-state index in [4.69, 9.17) is 0 Å². The number of nitrogens with zero attached hydrogens (tertiary/aromatic N) is 1. The molecule has 2 rings (SSSR count). The molecule has 1 unspecified atom stereocenters. The second kappa shape index (κ2) is 6.88. The maximum atomic E-state index is 12.1. The Bertz CT molecular complexity index is 625. The van der Waals surface area contributed by atoms with Crippen LogP contribution in [-0.2, 0) is 0 Å². The molecule has 0 aliphatic heterocycles. The van der Waals surface area contributed by atoms with Crippen LogP contribution >= 0.6 is 0 Å². The highest BCUT2D eigenvalue weighted by Gasteiger charge is 2.10. The van der Waals surface area contributed by atoms with Crippen molar-refractivity contribution >= 4 is 17.3 Å². The molecule has 0 spiro atoms. The first kappa shape index (κ1) is 15.0. The molecule has 1 heterocycles. The van der Waals surface area contributed by atoms with E-state index >= 15 is 0 Å². The molecule has 0 aliphatic rings. The van der Waals surface area contributed by atoms with Gasteiger partial charge in [0.1, 0.15) is 5.69 Å². The largest absolute Gasteiger partial charge is 0.355 e. The number of aromatic nitrogens is 1.